The maximum atomic E-state index is 9.10. The molecule has 0 amide bonds. The highest BCUT2D eigenvalue weighted by atomic mass is 32.1. The van der Waals surface area contributed by atoms with Crippen molar-refractivity contribution in [1.82, 2.24) is 4.98 Å². The van der Waals surface area contributed by atoms with E-state index in [0.717, 1.165) is 33.1 Å². The molecule has 1 N–H and O–H groups in total. The van der Waals surface area contributed by atoms with Gasteiger partial charge in [-0.3, -0.25) is 0 Å². The van der Waals surface area contributed by atoms with Crippen LogP contribution in [0.25, 0.3) is 11.3 Å². The lowest BCUT2D eigenvalue weighted by Gasteiger charge is -2.14. The molecule has 3 nitrogen and oxygen atoms in total. The van der Waals surface area contributed by atoms with Crippen molar-refractivity contribution in [2.24, 2.45) is 0 Å². The summed E-state index contributed by atoms with van der Waals surface area (Å²) in [5, 5.41) is 11.8. The first-order valence-corrected chi connectivity index (χ1v) is 6.66. The highest BCUT2D eigenvalue weighted by molar-refractivity contribution is 7.09. The Morgan fingerprint density at radius 3 is 2.56 bits per heavy atom. The van der Waals surface area contributed by atoms with Crippen LogP contribution in [0.4, 0.5) is 0 Å². The molecule has 96 valence electrons. The van der Waals surface area contributed by atoms with Crippen LogP contribution in [0.5, 0.6) is 5.75 Å². The molecule has 1 aromatic carbocycles. The van der Waals surface area contributed by atoms with E-state index in [1.165, 1.54) is 16.9 Å². The van der Waals surface area contributed by atoms with Crippen LogP contribution in [-0.4, -0.2) is 17.2 Å². The van der Waals surface area contributed by atoms with Gasteiger partial charge in [0.15, 0.2) is 0 Å². The fourth-order valence-corrected chi connectivity index (χ4v) is 2.79. The zero-order valence-corrected chi connectivity index (χ0v) is 11.9. The standard InChI is InChI=1S/C14H17NO2S/c1-8-5-12(17-4)9(2)10(3)14(8)11-7-18-13(6-16)15-11/h5,7,16H,6H2,1-4H3. The zero-order chi connectivity index (χ0) is 13.3. The third kappa shape index (κ3) is 2.13. The van der Waals surface area contributed by atoms with Gasteiger partial charge in [0.1, 0.15) is 10.8 Å². The number of aliphatic hydroxyl groups excluding tert-OH is 1. The Morgan fingerprint density at radius 2 is 2.00 bits per heavy atom. The van der Waals surface area contributed by atoms with Crippen molar-refractivity contribution in [3.05, 3.63) is 33.1 Å². The number of aryl methyl sites for hydroxylation is 1. The summed E-state index contributed by atoms with van der Waals surface area (Å²) in [6.45, 7) is 6.19. The number of rotatable bonds is 3. The largest absolute Gasteiger partial charge is 0.496 e. The number of nitrogens with zero attached hydrogens (tertiary/aromatic N) is 1. The molecule has 0 fully saturated rings. The van der Waals surface area contributed by atoms with Gasteiger partial charge >= 0.3 is 0 Å². The lowest BCUT2D eigenvalue weighted by molar-refractivity contribution is 0.281. The van der Waals surface area contributed by atoms with Crippen molar-refractivity contribution in [2.75, 3.05) is 7.11 Å². The second kappa shape index (κ2) is 5.08. The Labute approximate surface area is 111 Å². The van der Waals surface area contributed by atoms with E-state index in [-0.39, 0.29) is 6.61 Å². The van der Waals surface area contributed by atoms with E-state index in [1.807, 2.05) is 11.4 Å². The minimum absolute atomic E-state index is 0.00208. The predicted octanol–water partition coefficient (Wildman–Crippen LogP) is 3.24. The van der Waals surface area contributed by atoms with Gasteiger partial charge in [-0.1, -0.05) is 0 Å². The van der Waals surface area contributed by atoms with Gasteiger partial charge in [-0.05, 0) is 43.5 Å². The van der Waals surface area contributed by atoms with Crippen molar-refractivity contribution in [1.29, 1.82) is 0 Å². The van der Waals surface area contributed by atoms with E-state index in [1.54, 1.807) is 7.11 Å². The summed E-state index contributed by atoms with van der Waals surface area (Å²) in [5.74, 6) is 0.909. The van der Waals surface area contributed by atoms with Crippen LogP contribution >= 0.6 is 11.3 Å². The van der Waals surface area contributed by atoms with Gasteiger partial charge in [0.05, 0.1) is 19.4 Å². The van der Waals surface area contributed by atoms with Crippen molar-refractivity contribution < 1.29 is 9.84 Å². The summed E-state index contributed by atoms with van der Waals surface area (Å²) >= 11 is 1.49. The number of aliphatic hydroxyl groups is 1. The Kier molecular flexibility index (Phi) is 3.68. The van der Waals surface area contributed by atoms with Crippen LogP contribution in [0, 0.1) is 20.8 Å². The molecule has 0 aliphatic heterocycles. The first-order chi connectivity index (χ1) is 8.58. The van der Waals surface area contributed by atoms with E-state index < -0.39 is 0 Å². The van der Waals surface area contributed by atoms with Crippen LogP contribution < -0.4 is 4.74 Å². The lowest BCUT2D eigenvalue weighted by atomic mass is 9.95. The summed E-state index contributed by atoms with van der Waals surface area (Å²) in [5.41, 5.74) is 5.54. The van der Waals surface area contributed by atoms with Crippen LogP contribution in [0.1, 0.15) is 21.7 Å². The molecule has 0 unspecified atom stereocenters. The van der Waals surface area contributed by atoms with Gasteiger partial charge in [-0.25, -0.2) is 4.98 Å². The molecule has 0 bridgehead atoms. The van der Waals surface area contributed by atoms with Crippen LogP contribution in [0.2, 0.25) is 0 Å². The molecule has 2 rings (SSSR count). The fraction of sp³-hybridized carbons (Fsp3) is 0.357. The highest BCUT2D eigenvalue weighted by Crippen LogP contribution is 2.34. The topological polar surface area (TPSA) is 42.4 Å². The average Bonchev–Trinajstić information content (AvgIpc) is 2.82. The third-order valence-electron chi connectivity index (χ3n) is 3.21. The second-order valence-corrected chi connectivity index (χ2v) is 5.25. The first-order valence-electron chi connectivity index (χ1n) is 5.79. The molecule has 2 aromatic rings. The van der Waals surface area contributed by atoms with Gasteiger partial charge in [-0.15, -0.1) is 11.3 Å². The number of methoxy groups -OCH3 is 1. The van der Waals surface area contributed by atoms with Gasteiger partial charge in [0, 0.05) is 10.9 Å². The first kappa shape index (κ1) is 13.1. The average molecular weight is 263 g/mol. The van der Waals surface area contributed by atoms with Crippen LogP contribution in [0.3, 0.4) is 0 Å². The van der Waals surface area contributed by atoms with E-state index in [4.69, 9.17) is 9.84 Å². The predicted molar refractivity (Wildman–Crippen MR) is 74.2 cm³/mol. The van der Waals surface area contributed by atoms with E-state index in [2.05, 4.69) is 25.8 Å². The Hall–Kier alpha value is -1.39. The molecule has 4 heteroatoms. The normalized spacial score (nSPS) is 10.7. The SMILES string of the molecule is COc1cc(C)c(-c2csc(CO)n2)c(C)c1C. The quantitative estimate of drug-likeness (QED) is 0.924. The summed E-state index contributed by atoms with van der Waals surface area (Å²) in [4.78, 5) is 4.44. The molecular formula is C14H17NO2S. The van der Waals surface area contributed by atoms with Crippen molar-refractivity contribution in [3.63, 3.8) is 0 Å². The van der Waals surface area contributed by atoms with E-state index >= 15 is 0 Å². The maximum absolute atomic E-state index is 9.10. The smallest absolute Gasteiger partial charge is 0.122 e. The highest BCUT2D eigenvalue weighted by Gasteiger charge is 2.14. The molecule has 0 saturated carbocycles. The number of aromatic nitrogens is 1. The zero-order valence-electron chi connectivity index (χ0n) is 11.1. The summed E-state index contributed by atoms with van der Waals surface area (Å²) in [6, 6.07) is 2.04. The van der Waals surface area contributed by atoms with Gasteiger partial charge in [0.2, 0.25) is 0 Å². The van der Waals surface area contributed by atoms with Crippen molar-refractivity contribution in [2.45, 2.75) is 27.4 Å². The Balaban J connectivity index is 2.60. The van der Waals surface area contributed by atoms with Crippen LogP contribution in [-0.2, 0) is 6.61 Å². The monoisotopic (exact) mass is 263 g/mol. The third-order valence-corrected chi connectivity index (χ3v) is 4.05. The van der Waals surface area contributed by atoms with E-state index in [0.29, 0.717) is 0 Å². The maximum Gasteiger partial charge on any atom is 0.122 e. The van der Waals surface area contributed by atoms with Crippen LogP contribution in [0.15, 0.2) is 11.4 Å². The molecule has 0 radical (unpaired) electrons. The van der Waals surface area contributed by atoms with Gasteiger partial charge in [-0.2, -0.15) is 0 Å². The number of thiazole rings is 1. The summed E-state index contributed by atoms with van der Waals surface area (Å²) < 4.78 is 5.37. The lowest BCUT2D eigenvalue weighted by Crippen LogP contribution is -1.96. The van der Waals surface area contributed by atoms with Crippen molar-refractivity contribution >= 4 is 11.3 Å². The van der Waals surface area contributed by atoms with Gasteiger partial charge < -0.3 is 9.84 Å². The van der Waals surface area contributed by atoms with Crippen molar-refractivity contribution in [3.8, 4) is 17.0 Å². The molecule has 1 heterocycles. The molecule has 0 atom stereocenters. The Morgan fingerprint density at radius 1 is 1.28 bits per heavy atom. The minimum Gasteiger partial charge on any atom is -0.496 e. The Bertz CT molecular complexity index is 575. The van der Waals surface area contributed by atoms with E-state index in [9.17, 15) is 0 Å². The minimum atomic E-state index is -0.00208. The summed E-state index contributed by atoms with van der Waals surface area (Å²) in [6.07, 6.45) is 0. The number of hydrogen-bond acceptors (Lipinski definition) is 4. The summed E-state index contributed by atoms with van der Waals surface area (Å²) in [7, 11) is 1.69. The molecule has 0 aliphatic rings. The molecule has 18 heavy (non-hydrogen) atoms. The fourth-order valence-electron chi connectivity index (χ4n) is 2.15. The molecule has 0 spiro atoms. The molecule has 0 saturated heterocycles. The number of ether oxygens (including phenoxy) is 1. The van der Waals surface area contributed by atoms with Gasteiger partial charge in [0.25, 0.3) is 0 Å². The molecular weight excluding hydrogens is 246 g/mol. The molecule has 1 aromatic heterocycles. The molecule has 0 aliphatic carbocycles. The number of hydrogen-bond donors (Lipinski definition) is 1. The number of benzene rings is 1. The second-order valence-electron chi connectivity index (χ2n) is 4.31.